The number of rotatable bonds is 6. The number of hydrogen-bond acceptors (Lipinski definition) is 6. The quantitative estimate of drug-likeness (QED) is 0.485. The molecule has 4 aromatic rings. The number of nitrogens with zero attached hydrogens (tertiary/aromatic N) is 7. The molecule has 1 aliphatic rings. The molecule has 0 atom stereocenters. The topological polar surface area (TPSA) is 103 Å². The van der Waals surface area contributed by atoms with E-state index in [4.69, 9.17) is 0 Å². The zero-order valence-corrected chi connectivity index (χ0v) is 18.8. The first kappa shape index (κ1) is 21.0. The van der Waals surface area contributed by atoms with Gasteiger partial charge in [-0.25, -0.2) is 4.98 Å². The molecular formula is C24H26N8O. The number of amides is 1. The predicted molar refractivity (Wildman–Crippen MR) is 124 cm³/mol. The summed E-state index contributed by atoms with van der Waals surface area (Å²) in [6, 6.07) is 6.10. The lowest BCUT2D eigenvalue weighted by Crippen LogP contribution is -2.21. The summed E-state index contributed by atoms with van der Waals surface area (Å²) in [7, 11) is 0. The molecule has 1 N–H and O–H groups in total. The minimum absolute atomic E-state index is 0.109. The van der Waals surface area contributed by atoms with Gasteiger partial charge in [-0.05, 0) is 44.9 Å². The Morgan fingerprint density at radius 1 is 1.06 bits per heavy atom. The van der Waals surface area contributed by atoms with Gasteiger partial charge in [0.25, 0.3) is 0 Å². The van der Waals surface area contributed by atoms with Crippen LogP contribution in [0.1, 0.15) is 43.1 Å². The summed E-state index contributed by atoms with van der Waals surface area (Å²) in [5, 5.41) is 12.1. The molecule has 0 spiro atoms. The molecule has 0 saturated heterocycles. The van der Waals surface area contributed by atoms with E-state index in [2.05, 4.69) is 35.1 Å². The highest BCUT2D eigenvalue weighted by Crippen LogP contribution is 2.35. The number of anilines is 1. The molecule has 9 heteroatoms. The highest BCUT2D eigenvalue weighted by molar-refractivity contribution is 5.89. The number of nitrogens with one attached hydrogen (secondary N) is 1. The number of carbonyl (C=O) groups excluding carboxylic acids is 1. The predicted octanol–water partition coefficient (Wildman–Crippen LogP) is 3.97. The molecule has 33 heavy (non-hydrogen) atoms. The Kier molecular flexibility index (Phi) is 5.68. The van der Waals surface area contributed by atoms with Gasteiger partial charge in [-0.1, -0.05) is 12.8 Å². The van der Waals surface area contributed by atoms with Crippen LogP contribution < -0.4 is 5.32 Å². The molecule has 0 bridgehead atoms. The van der Waals surface area contributed by atoms with Gasteiger partial charge in [0, 0.05) is 41.6 Å². The first-order valence-electron chi connectivity index (χ1n) is 11.2. The van der Waals surface area contributed by atoms with Crippen LogP contribution in [-0.2, 0) is 11.3 Å². The molecule has 0 aliphatic heterocycles. The lowest BCUT2D eigenvalue weighted by Gasteiger charge is -2.14. The van der Waals surface area contributed by atoms with Crippen LogP contribution in [0.5, 0.6) is 0 Å². The Bertz CT molecular complexity index is 1250. The second-order valence-electron chi connectivity index (χ2n) is 8.37. The second-order valence-corrected chi connectivity index (χ2v) is 8.37. The molecule has 4 heterocycles. The molecule has 0 radical (unpaired) electrons. The summed E-state index contributed by atoms with van der Waals surface area (Å²) in [5.41, 5.74) is 5.54. The van der Waals surface area contributed by atoms with Gasteiger partial charge in [0.15, 0.2) is 0 Å². The van der Waals surface area contributed by atoms with E-state index in [-0.39, 0.29) is 12.5 Å². The lowest BCUT2D eigenvalue weighted by atomic mass is 10.1. The maximum Gasteiger partial charge on any atom is 0.247 e. The Balaban J connectivity index is 1.30. The van der Waals surface area contributed by atoms with Gasteiger partial charge in [-0.3, -0.25) is 24.1 Å². The van der Waals surface area contributed by atoms with Gasteiger partial charge >= 0.3 is 0 Å². The third kappa shape index (κ3) is 4.26. The van der Waals surface area contributed by atoms with Crippen molar-refractivity contribution in [1.82, 2.24) is 34.5 Å². The largest absolute Gasteiger partial charge is 0.309 e. The lowest BCUT2D eigenvalue weighted by molar-refractivity contribution is -0.117. The smallest absolute Gasteiger partial charge is 0.247 e. The highest BCUT2D eigenvalue weighted by Gasteiger charge is 2.24. The van der Waals surface area contributed by atoms with Gasteiger partial charge in [0.1, 0.15) is 12.4 Å². The Morgan fingerprint density at radius 3 is 2.64 bits per heavy atom. The van der Waals surface area contributed by atoms with Gasteiger partial charge in [0.05, 0.1) is 29.3 Å². The van der Waals surface area contributed by atoms with E-state index in [0.717, 1.165) is 46.7 Å². The summed E-state index contributed by atoms with van der Waals surface area (Å²) >= 11 is 0. The van der Waals surface area contributed by atoms with Crippen molar-refractivity contribution in [3.63, 3.8) is 0 Å². The van der Waals surface area contributed by atoms with Gasteiger partial charge in [-0.15, -0.1) is 0 Å². The van der Waals surface area contributed by atoms with Crippen LogP contribution in [0.2, 0.25) is 0 Å². The summed E-state index contributed by atoms with van der Waals surface area (Å²) in [5.74, 6) is 0.296. The fraction of sp³-hybridized carbons (Fsp3) is 0.333. The molecule has 5 rings (SSSR count). The van der Waals surface area contributed by atoms with Crippen molar-refractivity contribution in [3.8, 4) is 22.5 Å². The molecule has 1 fully saturated rings. The summed E-state index contributed by atoms with van der Waals surface area (Å²) in [6.07, 6.45) is 13.3. The van der Waals surface area contributed by atoms with E-state index in [9.17, 15) is 4.79 Å². The maximum atomic E-state index is 12.7. The monoisotopic (exact) mass is 442 g/mol. The molecule has 4 aromatic heterocycles. The minimum Gasteiger partial charge on any atom is -0.309 e. The van der Waals surface area contributed by atoms with Crippen molar-refractivity contribution in [1.29, 1.82) is 0 Å². The van der Waals surface area contributed by atoms with Crippen LogP contribution in [0, 0.1) is 13.8 Å². The van der Waals surface area contributed by atoms with Gasteiger partial charge in [0.2, 0.25) is 5.91 Å². The molecule has 1 aliphatic carbocycles. The zero-order valence-electron chi connectivity index (χ0n) is 18.8. The third-order valence-corrected chi connectivity index (χ3v) is 6.16. The molecule has 0 unspecified atom stereocenters. The number of carbonyl (C=O) groups is 1. The molecule has 1 amide bonds. The van der Waals surface area contributed by atoms with Crippen LogP contribution in [0.25, 0.3) is 22.5 Å². The van der Waals surface area contributed by atoms with Crippen LogP contribution in [0.15, 0.2) is 49.2 Å². The van der Waals surface area contributed by atoms with E-state index >= 15 is 0 Å². The van der Waals surface area contributed by atoms with Crippen molar-refractivity contribution in [3.05, 3.63) is 60.6 Å². The van der Waals surface area contributed by atoms with Crippen LogP contribution in [0.3, 0.4) is 0 Å². The van der Waals surface area contributed by atoms with Gasteiger partial charge < -0.3 is 5.32 Å². The average Bonchev–Trinajstić information content (AvgIpc) is 3.56. The van der Waals surface area contributed by atoms with E-state index in [1.807, 2.05) is 32.2 Å². The molecule has 1 saturated carbocycles. The highest BCUT2D eigenvalue weighted by atomic mass is 16.2. The first-order valence-corrected chi connectivity index (χ1v) is 11.2. The first-order chi connectivity index (χ1) is 16.1. The fourth-order valence-corrected chi connectivity index (χ4v) is 4.56. The summed E-state index contributed by atoms with van der Waals surface area (Å²) in [6.45, 7) is 4.09. The SMILES string of the molecule is Cc1nn(CC(=O)Nc2ccc(-c3cnccn3)cn2)c(C)c1-c1ccnn1C1CCCC1. The second kappa shape index (κ2) is 8.93. The van der Waals surface area contributed by atoms with Crippen LogP contribution in [-0.4, -0.2) is 40.4 Å². The molecule has 0 aromatic carbocycles. The molecular weight excluding hydrogens is 416 g/mol. The zero-order chi connectivity index (χ0) is 22.8. The van der Waals surface area contributed by atoms with Crippen molar-refractivity contribution in [2.75, 3.05) is 5.32 Å². The third-order valence-electron chi connectivity index (χ3n) is 6.16. The van der Waals surface area contributed by atoms with Crippen LogP contribution >= 0.6 is 0 Å². The average molecular weight is 443 g/mol. The van der Waals surface area contributed by atoms with E-state index in [1.54, 1.807) is 35.5 Å². The summed E-state index contributed by atoms with van der Waals surface area (Å²) < 4.78 is 3.89. The number of aromatic nitrogens is 7. The normalized spacial score (nSPS) is 14.0. The summed E-state index contributed by atoms with van der Waals surface area (Å²) in [4.78, 5) is 25.4. The Labute approximate surface area is 191 Å². The molecule has 168 valence electrons. The maximum absolute atomic E-state index is 12.7. The number of hydrogen-bond donors (Lipinski definition) is 1. The van der Waals surface area contributed by atoms with E-state index in [1.165, 1.54) is 12.8 Å². The van der Waals surface area contributed by atoms with Crippen molar-refractivity contribution in [2.24, 2.45) is 0 Å². The Hall–Kier alpha value is -3.88. The fourth-order valence-electron chi connectivity index (χ4n) is 4.56. The number of pyridine rings is 1. The van der Waals surface area contributed by atoms with Crippen molar-refractivity contribution >= 4 is 11.7 Å². The standard InChI is InChI=1S/C24H26N8O/c1-16-24(21-9-10-28-32(21)19-5-3-4-6-19)17(2)31(30-16)15-23(33)29-22-8-7-18(13-27-22)20-14-25-11-12-26-20/h7-14,19H,3-6,15H2,1-2H3,(H,27,29,33). The van der Waals surface area contributed by atoms with Crippen LogP contribution in [0.4, 0.5) is 5.82 Å². The number of aryl methyl sites for hydroxylation is 1. The van der Waals surface area contributed by atoms with Gasteiger partial charge in [-0.2, -0.15) is 10.2 Å². The van der Waals surface area contributed by atoms with Crippen molar-refractivity contribution < 1.29 is 4.79 Å². The van der Waals surface area contributed by atoms with E-state index < -0.39 is 0 Å². The van der Waals surface area contributed by atoms with E-state index in [0.29, 0.717) is 11.9 Å². The van der Waals surface area contributed by atoms with Crippen molar-refractivity contribution in [2.45, 2.75) is 52.1 Å². The molecule has 9 nitrogen and oxygen atoms in total. The Morgan fingerprint density at radius 2 is 1.91 bits per heavy atom. The minimum atomic E-state index is -0.184.